The summed E-state index contributed by atoms with van der Waals surface area (Å²) in [5, 5.41) is 0. The number of hydrogen-bond acceptors (Lipinski definition) is 4. The fourth-order valence-electron chi connectivity index (χ4n) is 1.38. The van der Waals surface area contributed by atoms with Crippen molar-refractivity contribution in [1.82, 2.24) is 0 Å². The smallest absolute Gasteiger partial charge is 0.178 e. The monoisotopic (exact) mass is 228 g/mol. The molecule has 0 radical (unpaired) electrons. The molecule has 0 aliphatic rings. The van der Waals surface area contributed by atoms with E-state index in [1.807, 2.05) is 0 Å². The van der Waals surface area contributed by atoms with Crippen molar-refractivity contribution in [1.29, 1.82) is 0 Å². The Morgan fingerprint density at radius 3 is 2.33 bits per heavy atom. The zero-order chi connectivity index (χ0) is 11.5. The molecule has 1 aromatic rings. The molecule has 0 saturated carbocycles. The molecular formula is C10H16N2O2S. The highest BCUT2D eigenvalue weighted by Crippen LogP contribution is 2.18. The predicted molar refractivity (Wildman–Crippen MR) is 60.0 cm³/mol. The summed E-state index contributed by atoms with van der Waals surface area (Å²) in [5.74, 6) is 0.0853. The van der Waals surface area contributed by atoms with Crippen molar-refractivity contribution in [2.24, 2.45) is 11.5 Å². The van der Waals surface area contributed by atoms with E-state index in [0.717, 1.165) is 5.56 Å². The van der Waals surface area contributed by atoms with Crippen LogP contribution in [0.3, 0.4) is 0 Å². The second-order valence-corrected chi connectivity index (χ2v) is 5.50. The molecule has 5 heteroatoms. The zero-order valence-electron chi connectivity index (χ0n) is 8.73. The van der Waals surface area contributed by atoms with Gasteiger partial charge >= 0.3 is 0 Å². The molecule has 84 valence electrons. The Hall–Kier alpha value is -0.910. The Balaban J connectivity index is 3.31. The van der Waals surface area contributed by atoms with Gasteiger partial charge in [-0.15, -0.1) is 0 Å². The molecule has 0 aromatic heterocycles. The molecule has 1 rings (SSSR count). The Morgan fingerprint density at radius 2 is 1.87 bits per heavy atom. The van der Waals surface area contributed by atoms with Gasteiger partial charge in [-0.3, -0.25) is 0 Å². The summed E-state index contributed by atoms with van der Waals surface area (Å²) >= 11 is 0. The van der Waals surface area contributed by atoms with Gasteiger partial charge in [0.15, 0.2) is 9.84 Å². The van der Waals surface area contributed by atoms with E-state index >= 15 is 0 Å². The minimum atomic E-state index is -3.19. The lowest BCUT2D eigenvalue weighted by Gasteiger charge is -2.09. The van der Waals surface area contributed by atoms with Gasteiger partial charge in [0.1, 0.15) is 0 Å². The normalized spacial score (nSPS) is 11.7. The third-order valence-electron chi connectivity index (χ3n) is 2.30. The predicted octanol–water partition coefficient (Wildman–Crippen LogP) is 0.398. The third kappa shape index (κ3) is 2.56. The van der Waals surface area contributed by atoms with E-state index < -0.39 is 9.84 Å². The Morgan fingerprint density at radius 1 is 1.20 bits per heavy atom. The molecule has 0 aliphatic heterocycles. The first-order valence-corrected chi connectivity index (χ1v) is 6.45. The number of sulfone groups is 1. The summed E-state index contributed by atoms with van der Waals surface area (Å²) < 4.78 is 23.4. The van der Waals surface area contributed by atoms with Gasteiger partial charge < -0.3 is 11.5 Å². The van der Waals surface area contributed by atoms with Crippen LogP contribution in [0.4, 0.5) is 0 Å². The average molecular weight is 228 g/mol. The standard InChI is InChI=1S/C10H16N2O2S/c1-2-15(13,14)10-4-3-8(6-11)5-9(10)7-12/h3-5H,2,6-7,11-12H2,1H3. The Bertz CT molecular complexity index is 441. The van der Waals surface area contributed by atoms with Crippen molar-refractivity contribution >= 4 is 9.84 Å². The molecule has 4 nitrogen and oxygen atoms in total. The quantitative estimate of drug-likeness (QED) is 0.781. The largest absolute Gasteiger partial charge is 0.326 e. The summed E-state index contributed by atoms with van der Waals surface area (Å²) in [7, 11) is -3.19. The minimum Gasteiger partial charge on any atom is -0.326 e. The first-order valence-electron chi connectivity index (χ1n) is 4.79. The number of hydrogen-bond donors (Lipinski definition) is 2. The van der Waals surface area contributed by atoms with Gasteiger partial charge in [-0.25, -0.2) is 8.42 Å². The van der Waals surface area contributed by atoms with Crippen LogP contribution in [0.2, 0.25) is 0 Å². The van der Waals surface area contributed by atoms with Crippen molar-refractivity contribution in [3.63, 3.8) is 0 Å². The third-order valence-corrected chi connectivity index (χ3v) is 4.12. The summed E-state index contributed by atoms with van der Waals surface area (Å²) in [6, 6.07) is 5.06. The van der Waals surface area contributed by atoms with Gasteiger partial charge in [-0.05, 0) is 17.2 Å². The molecule has 0 unspecified atom stereocenters. The summed E-state index contributed by atoms with van der Waals surface area (Å²) in [6.07, 6.45) is 0. The van der Waals surface area contributed by atoms with Crippen LogP contribution in [0.15, 0.2) is 23.1 Å². The molecule has 0 spiro atoms. The van der Waals surface area contributed by atoms with Gasteiger partial charge in [-0.2, -0.15) is 0 Å². The Kier molecular flexibility index (Phi) is 3.84. The van der Waals surface area contributed by atoms with Crippen molar-refractivity contribution < 1.29 is 8.42 Å². The molecule has 0 heterocycles. The maximum absolute atomic E-state index is 11.7. The molecular weight excluding hydrogens is 212 g/mol. The lowest BCUT2D eigenvalue weighted by atomic mass is 10.1. The maximum Gasteiger partial charge on any atom is 0.178 e. The van der Waals surface area contributed by atoms with Gasteiger partial charge in [0.05, 0.1) is 10.6 Å². The van der Waals surface area contributed by atoms with Crippen LogP contribution < -0.4 is 11.5 Å². The number of rotatable bonds is 4. The van der Waals surface area contributed by atoms with Crippen molar-refractivity contribution in [2.75, 3.05) is 5.75 Å². The number of benzene rings is 1. The van der Waals surface area contributed by atoms with Gasteiger partial charge in [0, 0.05) is 13.1 Å². The molecule has 1 aromatic carbocycles. The molecule has 0 atom stereocenters. The number of nitrogens with two attached hydrogens (primary N) is 2. The first kappa shape index (κ1) is 12.2. The average Bonchev–Trinajstić information content (AvgIpc) is 2.28. The van der Waals surface area contributed by atoms with E-state index in [2.05, 4.69) is 0 Å². The second-order valence-electron chi connectivity index (χ2n) is 3.25. The van der Waals surface area contributed by atoms with E-state index in [4.69, 9.17) is 11.5 Å². The fourth-order valence-corrected chi connectivity index (χ4v) is 2.51. The highest BCUT2D eigenvalue weighted by molar-refractivity contribution is 7.91. The van der Waals surface area contributed by atoms with Gasteiger partial charge in [-0.1, -0.05) is 19.1 Å². The Labute approximate surface area is 90.2 Å². The van der Waals surface area contributed by atoms with Crippen molar-refractivity contribution in [3.05, 3.63) is 29.3 Å². The zero-order valence-corrected chi connectivity index (χ0v) is 9.55. The fraction of sp³-hybridized carbons (Fsp3) is 0.400. The minimum absolute atomic E-state index is 0.0853. The molecule has 0 bridgehead atoms. The topological polar surface area (TPSA) is 86.2 Å². The van der Waals surface area contributed by atoms with Gasteiger partial charge in [0.2, 0.25) is 0 Å². The molecule has 15 heavy (non-hydrogen) atoms. The molecule has 4 N–H and O–H groups in total. The molecule has 0 saturated heterocycles. The summed E-state index contributed by atoms with van der Waals surface area (Å²) in [6.45, 7) is 2.22. The van der Waals surface area contributed by atoms with Crippen molar-refractivity contribution in [3.8, 4) is 0 Å². The van der Waals surface area contributed by atoms with Gasteiger partial charge in [0.25, 0.3) is 0 Å². The van der Waals surface area contributed by atoms with Crippen LogP contribution in [0.5, 0.6) is 0 Å². The van der Waals surface area contributed by atoms with E-state index in [9.17, 15) is 8.42 Å². The lowest BCUT2D eigenvalue weighted by molar-refractivity contribution is 0.596. The summed E-state index contributed by atoms with van der Waals surface area (Å²) in [5.41, 5.74) is 12.5. The molecule has 0 aliphatic carbocycles. The van der Waals surface area contributed by atoms with E-state index in [1.54, 1.807) is 25.1 Å². The van der Waals surface area contributed by atoms with Crippen LogP contribution in [0.25, 0.3) is 0 Å². The SMILES string of the molecule is CCS(=O)(=O)c1ccc(CN)cc1CN. The molecule has 0 fully saturated rings. The maximum atomic E-state index is 11.7. The van der Waals surface area contributed by atoms with Crippen molar-refractivity contribution in [2.45, 2.75) is 24.9 Å². The second kappa shape index (κ2) is 4.74. The van der Waals surface area contributed by atoms with Crippen LogP contribution in [-0.2, 0) is 22.9 Å². The van der Waals surface area contributed by atoms with E-state index in [1.165, 1.54) is 0 Å². The molecule has 0 amide bonds. The van der Waals surface area contributed by atoms with Crippen LogP contribution in [0.1, 0.15) is 18.1 Å². The first-order chi connectivity index (χ1) is 7.05. The van der Waals surface area contributed by atoms with E-state index in [-0.39, 0.29) is 12.3 Å². The highest BCUT2D eigenvalue weighted by atomic mass is 32.2. The summed E-state index contributed by atoms with van der Waals surface area (Å²) in [4.78, 5) is 0.324. The van der Waals surface area contributed by atoms with Crippen LogP contribution in [0, 0.1) is 0 Å². The van der Waals surface area contributed by atoms with Crippen LogP contribution >= 0.6 is 0 Å². The highest BCUT2D eigenvalue weighted by Gasteiger charge is 2.15. The van der Waals surface area contributed by atoms with Crippen LogP contribution in [-0.4, -0.2) is 14.2 Å². The lowest BCUT2D eigenvalue weighted by Crippen LogP contribution is -2.11. The van der Waals surface area contributed by atoms with E-state index in [0.29, 0.717) is 17.0 Å².